The lowest BCUT2D eigenvalue weighted by Crippen LogP contribution is -2.33. The number of amidine groups is 1. The van der Waals surface area contributed by atoms with Gasteiger partial charge in [0.25, 0.3) is 17.7 Å². The van der Waals surface area contributed by atoms with Crippen LogP contribution in [-0.2, 0) is 9.63 Å². The third-order valence-electron chi connectivity index (χ3n) is 6.02. The number of hydrogen-bond donors (Lipinski definition) is 0. The van der Waals surface area contributed by atoms with Gasteiger partial charge in [0.15, 0.2) is 5.17 Å². The normalized spacial score (nSPS) is 17.3. The minimum atomic E-state index is -0.491. The van der Waals surface area contributed by atoms with Crippen LogP contribution < -0.4 is 0 Å². The van der Waals surface area contributed by atoms with Gasteiger partial charge in [-0.1, -0.05) is 65.4 Å². The molecule has 39 heavy (non-hydrogen) atoms. The van der Waals surface area contributed by atoms with Crippen molar-refractivity contribution in [1.29, 1.82) is 0 Å². The highest BCUT2D eigenvalue weighted by atomic mass is 35.5. The SMILES string of the molecule is O=C1c2ccccc2C(=O)N1OCCCN1C(=O)/C(=C/c2ccccc2)S/C1=N\c1nc2ccc(Cl)cc2s1. The van der Waals surface area contributed by atoms with Gasteiger partial charge in [-0.05, 0) is 60.2 Å². The highest BCUT2D eigenvalue weighted by Crippen LogP contribution is 2.37. The van der Waals surface area contributed by atoms with Gasteiger partial charge < -0.3 is 0 Å². The summed E-state index contributed by atoms with van der Waals surface area (Å²) in [7, 11) is 0. The summed E-state index contributed by atoms with van der Waals surface area (Å²) in [5.41, 5.74) is 2.31. The van der Waals surface area contributed by atoms with E-state index >= 15 is 0 Å². The zero-order valence-corrected chi connectivity index (χ0v) is 22.6. The van der Waals surface area contributed by atoms with E-state index in [0.717, 1.165) is 20.8 Å². The van der Waals surface area contributed by atoms with E-state index in [4.69, 9.17) is 21.4 Å². The quantitative estimate of drug-likeness (QED) is 0.149. The van der Waals surface area contributed by atoms with Gasteiger partial charge in [0.05, 0.1) is 32.9 Å². The van der Waals surface area contributed by atoms with E-state index in [0.29, 0.717) is 37.8 Å². The lowest BCUT2D eigenvalue weighted by atomic mass is 10.1. The summed E-state index contributed by atoms with van der Waals surface area (Å²) in [6.45, 7) is 0.335. The Hall–Kier alpha value is -3.83. The lowest BCUT2D eigenvalue weighted by Gasteiger charge is -2.17. The van der Waals surface area contributed by atoms with Crippen molar-refractivity contribution in [3.8, 4) is 0 Å². The maximum Gasteiger partial charge on any atom is 0.285 e. The molecule has 4 aromatic rings. The number of hydroxylamine groups is 2. The molecule has 0 N–H and O–H groups in total. The van der Waals surface area contributed by atoms with Crippen molar-refractivity contribution in [1.82, 2.24) is 14.9 Å². The number of benzene rings is 3. The molecule has 2 aliphatic rings. The van der Waals surface area contributed by atoms with Crippen LogP contribution in [0, 0.1) is 0 Å². The van der Waals surface area contributed by atoms with Gasteiger partial charge >= 0.3 is 0 Å². The number of aliphatic imine (C=N–C) groups is 1. The number of rotatable bonds is 7. The highest BCUT2D eigenvalue weighted by Gasteiger charge is 2.37. The third-order valence-corrected chi connectivity index (χ3v) is 8.17. The van der Waals surface area contributed by atoms with Gasteiger partial charge in [-0.15, -0.1) is 5.06 Å². The minimum Gasteiger partial charge on any atom is -0.286 e. The van der Waals surface area contributed by atoms with E-state index in [1.54, 1.807) is 35.2 Å². The third kappa shape index (κ3) is 5.11. The predicted molar refractivity (Wildman–Crippen MR) is 153 cm³/mol. The van der Waals surface area contributed by atoms with Crippen LogP contribution in [-0.4, -0.2) is 51.0 Å². The molecule has 0 atom stereocenters. The van der Waals surface area contributed by atoms with Gasteiger partial charge in [0.2, 0.25) is 5.13 Å². The van der Waals surface area contributed by atoms with Crippen molar-refractivity contribution in [3.63, 3.8) is 0 Å². The molecule has 11 heteroatoms. The van der Waals surface area contributed by atoms with E-state index < -0.39 is 11.8 Å². The molecule has 194 valence electrons. The van der Waals surface area contributed by atoms with Crippen LogP contribution in [0.2, 0.25) is 5.02 Å². The molecule has 0 bridgehead atoms. The number of imide groups is 1. The monoisotopic (exact) mass is 574 g/mol. The van der Waals surface area contributed by atoms with Crippen LogP contribution in [0.1, 0.15) is 32.7 Å². The number of hydrogen-bond acceptors (Lipinski definition) is 8. The first-order chi connectivity index (χ1) is 19.0. The summed E-state index contributed by atoms with van der Waals surface area (Å²) in [5, 5.41) is 2.40. The largest absolute Gasteiger partial charge is 0.286 e. The molecular weight excluding hydrogens is 556 g/mol. The Morgan fingerprint density at radius 3 is 2.38 bits per heavy atom. The zero-order chi connectivity index (χ0) is 26.9. The average Bonchev–Trinajstić information content (AvgIpc) is 3.55. The second-order valence-corrected chi connectivity index (χ2v) is 11.1. The summed E-state index contributed by atoms with van der Waals surface area (Å²) in [6.07, 6.45) is 2.20. The molecule has 0 radical (unpaired) electrons. The van der Waals surface area contributed by atoms with Crippen molar-refractivity contribution in [2.24, 2.45) is 4.99 Å². The molecular formula is C28H19ClN4O4S2. The van der Waals surface area contributed by atoms with Crippen LogP contribution in [0.4, 0.5) is 5.13 Å². The fourth-order valence-corrected chi connectivity index (χ4v) is 6.35. The number of thioether (sulfide) groups is 1. The number of amides is 3. The first-order valence-corrected chi connectivity index (χ1v) is 14.0. The highest BCUT2D eigenvalue weighted by molar-refractivity contribution is 8.18. The molecule has 1 saturated heterocycles. The first kappa shape index (κ1) is 25.4. The van der Waals surface area contributed by atoms with Gasteiger partial charge in [-0.3, -0.25) is 24.1 Å². The van der Waals surface area contributed by atoms with Gasteiger partial charge in [0.1, 0.15) is 0 Å². The summed E-state index contributed by atoms with van der Waals surface area (Å²) in [4.78, 5) is 55.4. The van der Waals surface area contributed by atoms with Crippen LogP contribution in [0.3, 0.4) is 0 Å². The van der Waals surface area contributed by atoms with Crippen LogP contribution in [0.15, 0.2) is 82.7 Å². The lowest BCUT2D eigenvalue weighted by molar-refractivity contribution is -0.123. The Bertz CT molecular complexity index is 1650. The predicted octanol–water partition coefficient (Wildman–Crippen LogP) is 6.17. The molecule has 3 heterocycles. The Balaban J connectivity index is 1.20. The number of halogens is 1. The summed E-state index contributed by atoms with van der Waals surface area (Å²) in [5.74, 6) is -1.17. The van der Waals surface area contributed by atoms with Gasteiger partial charge in [0, 0.05) is 11.6 Å². The van der Waals surface area contributed by atoms with Crippen molar-refractivity contribution < 1.29 is 19.2 Å². The topological polar surface area (TPSA) is 92.2 Å². The van der Waals surface area contributed by atoms with Gasteiger partial charge in [-0.2, -0.15) is 4.99 Å². The van der Waals surface area contributed by atoms with Crippen LogP contribution >= 0.6 is 34.7 Å². The van der Waals surface area contributed by atoms with Crippen molar-refractivity contribution >= 4 is 79.0 Å². The summed E-state index contributed by atoms with van der Waals surface area (Å²) in [6, 6.07) is 21.6. The fraction of sp³-hybridized carbons (Fsp3) is 0.107. The Morgan fingerprint density at radius 2 is 1.64 bits per heavy atom. The van der Waals surface area contributed by atoms with Gasteiger partial charge in [-0.25, -0.2) is 4.98 Å². The number of nitrogens with zero attached hydrogens (tertiary/aromatic N) is 4. The second kappa shape index (κ2) is 10.7. The standard InChI is InChI=1S/C28H19ClN4O4S2/c29-18-11-12-21-22(16-18)38-27(30-21)31-28-32(26(36)23(39-28)15-17-7-2-1-3-8-17)13-6-14-37-33-24(34)19-9-4-5-10-20(19)25(33)35/h1-5,7-12,15-16H,6,13-14H2/b23-15-,31-28-. The maximum absolute atomic E-state index is 13.4. The van der Waals surface area contributed by atoms with E-state index in [1.165, 1.54) is 23.1 Å². The Morgan fingerprint density at radius 1 is 0.923 bits per heavy atom. The molecule has 8 nitrogen and oxygen atoms in total. The number of carbonyl (C=O) groups is 3. The van der Waals surface area contributed by atoms with Crippen LogP contribution in [0.5, 0.6) is 0 Å². The number of thiazole rings is 1. The minimum absolute atomic E-state index is 0.0601. The molecule has 0 aliphatic carbocycles. The Kier molecular flexibility index (Phi) is 7.01. The molecule has 6 rings (SSSR count). The molecule has 0 saturated carbocycles. The second-order valence-electron chi connectivity index (χ2n) is 8.62. The number of carbonyl (C=O) groups excluding carboxylic acids is 3. The van der Waals surface area contributed by atoms with Crippen molar-refractivity contribution in [3.05, 3.63) is 99.4 Å². The summed E-state index contributed by atoms with van der Waals surface area (Å²) < 4.78 is 0.900. The first-order valence-electron chi connectivity index (χ1n) is 12.0. The van der Waals surface area contributed by atoms with E-state index in [2.05, 4.69) is 4.98 Å². The molecule has 3 amide bonds. The average molecular weight is 575 g/mol. The van der Waals surface area contributed by atoms with E-state index in [-0.39, 0.29) is 19.1 Å². The number of aromatic nitrogens is 1. The molecule has 3 aromatic carbocycles. The molecule has 1 fully saturated rings. The molecule has 2 aliphatic heterocycles. The molecule has 0 spiro atoms. The molecule has 0 unspecified atom stereocenters. The molecule has 1 aromatic heterocycles. The number of fused-ring (bicyclic) bond motifs is 2. The van der Waals surface area contributed by atoms with Crippen molar-refractivity contribution in [2.75, 3.05) is 13.2 Å². The zero-order valence-electron chi connectivity index (χ0n) is 20.2. The van der Waals surface area contributed by atoms with Crippen LogP contribution in [0.25, 0.3) is 16.3 Å². The Labute approximate surface area is 236 Å². The fourth-order valence-electron chi connectivity index (χ4n) is 4.17. The maximum atomic E-state index is 13.4. The van der Waals surface area contributed by atoms with Crippen molar-refractivity contribution in [2.45, 2.75) is 6.42 Å². The smallest absolute Gasteiger partial charge is 0.285 e. The summed E-state index contributed by atoms with van der Waals surface area (Å²) >= 11 is 8.78. The van der Waals surface area contributed by atoms with E-state index in [9.17, 15) is 14.4 Å². The van der Waals surface area contributed by atoms with E-state index in [1.807, 2.05) is 48.5 Å².